The van der Waals surface area contributed by atoms with Crippen LogP contribution in [0.4, 0.5) is 10.5 Å². The van der Waals surface area contributed by atoms with Crippen LogP contribution >= 0.6 is 0 Å². The monoisotopic (exact) mass is 576 g/mol. The number of ether oxygens (including phenoxy) is 1. The zero-order valence-electron chi connectivity index (χ0n) is 23.2. The summed E-state index contributed by atoms with van der Waals surface area (Å²) in [5, 5.41) is 20.1. The van der Waals surface area contributed by atoms with Crippen molar-refractivity contribution in [1.82, 2.24) is 15.6 Å². The number of carboxylic acids is 1. The number of para-hydroxylation sites is 2. The van der Waals surface area contributed by atoms with E-state index in [0.717, 1.165) is 10.9 Å². The minimum atomic E-state index is -1.29. The van der Waals surface area contributed by atoms with Crippen molar-refractivity contribution >= 4 is 40.5 Å². The summed E-state index contributed by atoms with van der Waals surface area (Å²) < 4.78 is 5.20. The summed E-state index contributed by atoms with van der Waals surface area (Å²) in [6.07, 6.45) is -0.476. The van der Waals surface area contributed by atoms with Crippen molar-refractivity contribution in [3.63, 3.8) is 0 Å². The Morgan fingerprint density at radius 2 is 1.57 bits per heavy atom. The Morgan fingerprint density at radius 1 is 0.857 bits per heavy atom. The van der Waals surface area contributed by atoms with E-state index < -0.39 is 29.9 Å². The number of rotatable bonds is 12. The van der Waals surface area contributed by atoms with Crippen LogP contribution in [0, 0.1) is 0 Å². The van der Waals surface area contributed by atoms with Crippen LogP contribution in [-0.2, 0) is 27.4 Å². The summed E-state index contributed by atoms with van der Waals surface area (Å²) in [7, 11) is 0. The maximum atomic E-state index is 13.3. The largest absolute Gasteiger partial charge is 1.00 e. The minimum Gasteiger partial charge on any atom is -0.550 e. The number of hydrogen-bond donors (Lipinski definition) is 3. The fraction of sp³-hybridized carbons (Fsp3) is 0.194. The van der Waals surface area contributed by atoms with Crippen molar-refractivity contribution in [2.45, 2.75) is 31.9 Å². The van der Waals surface area contributed by atoms with Crippen molar-refractivity contribution in [2.75, 3.05) is 11.9 Å². The van der Waals surface area contributed by atoms with Gasteiger partial charge in [0, 0.05) is 30.0 Å². The molecule has 42 heavy (non-hydrogen) atoms. The van der Waals surface area contributed by atoms with Gasteiger partial charge in [-0.25, -0.2) is 9.78 Å². The first-order valence-electron chi connectivity index (χ1n) is 13.1. The summed E-state index contributed by atoms with van der Waals surface area (Å²) in [6, 6.07) is 25.4. The van der Waals surface area contributed by atoms with Crippen molar-refractivity contribution in [1.29, 1.82) is 0 Å². The first-order valence-corrected chi connectivity index (χ1v) is 13.1. The Bertz CT molecular complexity index is 1530. The number of anilines is 1. The molecule has 210 valence electrons. The average Bonchev–Trinajstić information content (AvgIpc) is 2.98. The predicted molar refractivity (Wildman–Crippen MR) is 151 cm³/mol. The number of nitrogens with zero attached hydrogens (tertiary/aromatic N) is 1. The second-order valence-electron chi connectivity index (χ2n) is 9.24. The molecule has 1 aromatic heterocycles. The van der Waals surface area contributed by atoms with Gasteiger partial charge in [0.05, 0.1) is 5.52 Å². The van der Waals surface area contributed by atoms with E-state index in [-0.39, 0.29) is 61.2 Å². The van der Waals surface area contributed by atoms with Gasteiger partial charge in [-0.3, -0.25) is 9.59 Å². The Kier molecular flexibility index (Phi) is 12.5. The maximum Gasteiger partial charge on any atom is 1.00 e. The number of benzene rings is 3. The molecule has 0 saturated carbocycles. The van der Waals surface area contributed by atoms with E-state index in [0.29, 0.717) is 23.2 Å². The molecule has 1 atom stereocenters. The van der Waals surface area contributed by atoms with Gasteiger partial charge in [-0.2, -0.15) is 0 Å². The number of nitrogens with one attached hydrogen (secondary N) is 3. The predicted octanol–water partition coefficient (Wildman–Crippen LogP) is -0.0251. The third-order valence-electron chi connectivity index (χ3n) is 6.21. The van der Waals surface area contributed by atoms with Crippen LogP contribution in [0.2, 0.25) is 0 Å². The molecule has 0 radical (unpaired) electrons. The topological polar surface area (TPSA) is 150 Å². The Morgan fingerprint density at radius 3 is 2.36 bits per heavy atom. The summed E-state index contributed by atoms with van der Waals surface area (Å²) in [6.45, 7) is 0.320. The molecule has 3 aromatic carbocycles. The summed E-state index contributed by atoms with van der Waals surface area (Å²) in [4.78, 5) is 54.0. The number of carboxylic acid groups (broad SMARTS) is 1. The molecule has 10 nitrogen and oxygen atoms in total. The van der Waals surface area contributed by atoms with Gasteiger partial charge in [-0.15, -0.1) is 0 Å². The van der Waals surface area contributed by atoms with E-state index in [1.54, 1.807) is 42.5 Å². The molecule has 3 N–H and O–H groups in total. The maximum absolute atomic E-state index is 13.3. The fourth-order valence-corrected chi connectivity index (χ4v) is 4.14. The quantitative estimate of drug-likeness (QED) is 0.158. The van der Waals surface area contributed by atoms with E-state index in [1.165, 1.54) is 0 Å². The number of hydrogen-bond acceptors (Lipinski definition) is 7. The molecule has 0 aliphatic rings. The van der Waals surface area contributed by atoms with Crippen molar-refractivity contribution in [3.05, 3.63) is 108 Å². The molecule has 0 bridgehead atoms. The van der Waals surface area contributed by atoms with Crippen molar-refractivity contribution < 1.29 is 58.6 Å². The molecule has 3 amide bonds. The van der Waals surface area contributed by atoms with Crippen LogP contribution in [0.25, 0.3) is 10.9 Å². The third-order valence-corrected chi connectivity index (χ3v) is 6.21. The molecule has 0 aliphatic carbocycles. The van der Waals surface area contributed by atoms with Crippen LogP contribution in [0.1, 0.15) is 34.5 Å². The normalized spacial score (nSPS) is 11.0. The van der Waals surface area contributed by atoms with Crippen LogP contribution in [0.5, 0.6) is 0 Å². The molecule has 11 heteroatoms. The standard InChI is InChI=1S/C31H30N4O6.Na/c36-28(37)19-23-12-5-7-14-25(23)34-29(38)26(15-8-18-32-31(40)41-20-21-9-2-1-3-10-21)35-30(39)27-17-16-22-11-4-6-13-24(22)33-27;/h1-7,9-14,16-17,26H,8,15,18-20H2,(H,32,40)(H,34,38)(H,35,39)(H,36,37);/q;+1/p-1/t26-;/m0./s1. The summed E-state index contributed by atoms with van der Waals surface area (Å²) in [5.74, 6) is -2.38. The van der Waals surface area contributed by atoms with Gasteiger partial charge in [0.15, 0.2) is 0 Å². The van der Waals surface area contributed by atoms with Gasteiger partial charge in [0.25, 0.3) is 5.91 Å². The zero-order chi connectivity index (χ0) is 29.0. The Hall–Kier alpha value is -4.25. The van der Waals surface area contributed by atoms with Crippen molar-refractivity contribution in [3.8, 4) is 0 Å². The minimum absolute atomic E-state index is 0. The van der Waals surface area contributed by atoms with Gasteiger partial charge in [-0.1, -0.05) is 72.8 Å². The fourth-order valence-electron chi connectivity index (χ4n) is 4.14. The average molecular weight is 577 g/mol. The number of aliphatic carboxylic acids is 1. The van der Waals surface area contributed by atoms with Gasteiger partial charge >= 0.3 is 35.7 Å². The number of aromatic nitrogens is 1. The number of amides is 3. The molecular formula is C31H29N4NaO6. The molecule has 4 aromatic rings. The smallest absolute Gasteiger partial charge is 0.550 e. The number of pyridine rings is 1. The summed E-state index contributed by atoms with van der Waals surface area (Å²) >= 11 is 0. The van der Waals surface area contributed by atoms with Crippen LogP contribution in [0.15, 0.2) is 91.0 Å². The number of carbonyl (C=O) groups is 4. The molecule has 0 fully saturated rings. The van der Waals surface area contributed by atoms with Gasteiger partial charge in [0.2, 0.25) is 5.91 Å². The van der Waals surface area contributed by atoms with E-state index in [1.807, 2.05) is 48.5 Å². The van der Waals surface area contributed by atoms with Gasteiger partial charge in [-0.05, 0) is 42.2 Å². The number of fused-ring (bicyclic) bond motifs is 1. The zero-order valence-corrected chi connectivity index (χ0v) is 25.2. The molecular weight excluding hydrogens is 547 g/mol. The molecule has 4 rings (SSSR count). The van der Waals surface area contributed by atoms with Gasteiger partial charge in [0.1, 0.15) is 18.3 Å². The Labute approximate surface area is 265 Å². The van der Waals surface area contributed by atoms with Crippen LogP contribution < -0.4 is 50.6 Å². The van der Waals surface area contributed by atoms with Crippen LogP contribution in [-0.4, -0.2) is 41.4 Å². The third kappa shape index (κ3) is 9.69. The Balaban J connectivity index is 0.00000484. The van der Waals surface area contributed by atoms with E-state index in [4.69, 9.17) is 4.74 Å². The SMILES string of the molecule is O=C([O-])Cc1ccccc1NC(=O)[C@H](CCCNC(=O)OCc1ccccc1)NC(=O)c1ccc2ccccc2n1.[Na+]. The van der Waals surface area contributed by atoms with E-state index >= 15 is 0 Å². The first kappa shape index (κ1) is 32.3. The van der Waals surface area contributed by atoms with E-state index in [9.17, 15) is 24.3 Å². The van der Waals surface area contributed by atoms with E-state index in [2.05, 4.69) is 20.9 Å². The second kappa shape index (κ2) is 16.3. The molecule has 0 spiro atoms. The first-order chi connectivity index (χ1) is 19.9. The molecule has 0 saturated heterocycles. The molecule has 1 heterocycles. The second-order valence-corrected chi connectivity index (χ2v) is 9.24. The number of alkyl carbamates (subject to hydrolysis) is 1. The van der Waals surface area contributed by atoms with Gasteiger partial charge < -0.3 is 30.6 Å². The number of carbonyl (C=O) groups excluding carboxylic acids is 4. The van der Waals surface area contributed by atoms with Crippen molar-refractivity contribution in [2.24, 2.45) is 0 Å². The van der Waals surface area contributed by atoms with Crippen LogP contribution in [0.3, 0.4) is 0 Å². The summed E-state index contributed by atoms with van der Waals surface area (Å²) in [5.41, 5.74) is 2.29. The molecule has 0 aliphatic heterocycles. The molecule has 0 unspecified atom stereocenters.